The van der Waals surface area contributed by atoms with Gasteiger partial charge in [-0.3, -0.25) is 38.4 Å². The van der Waals surface area contributed by atoms with E-state index < -0.39 is 0 Å². The number of benzene rings is 12. The van der Waals surface area contributed by atoms with Crippen LogP contribution in [0.3, 0.4) is 0 Å². The van der Waals surface area contributed by atoms with Crippen LogP contribution in [0.15, 0.2) is 267 Å². The highest BCUT2D eigenvalue weighted by atomic mass is 16.5. The number of hydrogen-bond acceptors (Lipinski definition) is 16. The van der Waals surface area contributed by atoms with E-state index in [1.54, 1.807) is 174 Å². The first-order valence-corrected chi connectivity index (χ1v) is 49.1. The Morgan fingerprint density at radius 2 is 0.476 bits per heavy atom. The summed E-state index contributed by atoms with van der Waals surface area (Å²) >= 11 is 0. The number of ether oxygens (including phenoxy) is 4. The number of carbonyl (C=O) groups excluding carboxylic acids is 8. The van der Waals surface area contributed by atoms with E-state index in [-0.39, 0.29) is 71.4 Å². The molecule has 0 spiro atoms. The Hall–Kier alpha value is -16.5. The van der Waals surface area contributed by atoms with Crippen molar-refractivity contribution in [2.45, 2.75) is 160 Å². The van der Waals surface area contributed by atoms with Crippen LogP contribution in [0.25, 0.3) is 89.7 Å². The monoisotopic (exact) mass is 1910 g/mol. The summed E-state index contributed by atoms with van der Waals surface area (Å²) in [7, 11) is 6.41. The van der Waals surface area contributed by atoms with Gasteiger partial charge < -0.3 is 81.4 Å². The van der Waals surface area contributed by atoms with Gasteiger partial charge in [0.15, 0.2) is 0 Å². The third kappa shape index (κ3) is 25.6. The summed E-state index contributed by atoms with van der Waals surface area (Å²) in [6.45, 7) is 4.48. The number of anilines is 4. The van der Waals surface area contributed by atoms with Gasteiger partial charge in [-0.05, 0) is 294 Å². The number of fused-ring (bicyclic) bond motifs is 4. The number of amides is 8. The van der Waals surface area contributed by atoms with Gasteiger partial charge in [0.05, 0.1) is 72.6 Å². The fraction of sp³-hybridized carbons (Fsp3) is 0.270. The molecule has 12 aromatic carbocycles. The molecule has 0 bridgehead atoms. The number of nitrogens with zero attached hydrogens (tertiary/aromatic N) is 4. The molecule has 0 saturated heterocycles. The molecule has 0 aliphatic heterocycles. The molecule has 143 heavy (non-hydrogen) atoms. The molecule has 20 rings (SSSR count). The molecule has 8 amide bonds. The summed E-state index contributed by atoms with van der Waals surface area (Å²) in [5, 5.41) is 24.3. The van der Waals surface area contributed by atoms with Crippen molar-refractivity contribution in [1.82, 2.24) is 61.1 Å². The van der Waals surface area contributed by atoms with Gasteiger partial charge in [0.2, 0.25) is 0 Å². The highest BCUT2D eigenvalue weighted by Gasteiger charge is 2.27. The Morgan fingerprint density at radius 1 is 0.245 bits per heavy atom. The molecule has 4 saturated carbocycles. The zero-order valence-electron chi connectivity index (χ0n) is 81.0. The molecule has 28 nitrogen and oxygen atoms in total. The van der Waals surface area contributed by atoms with Gasteiger partial charge >= 0.3 is 0 Å². The first-order chi connectivity index (χ1) is 69.6. The van der Waals surface area contributed by atoms with Gasteiger partial charge in [-0.25, -0.2) is 19.9 Å². The zero-order valence-corrected chi connectivity index (χ0v) is 81.0. The largest absolute Gasteiger partial charge is 0.497 e. The number of aromatic nitrogens is 8. The molecule has 2 atom stereocenters. The van der Waals surface area contributed by atoms with Gasteiger partial charge in [0.25, 0.3) is 47.3 Å². The molecule has 28 heteroatoms. The third-order valence-electron chi connectivity index (χ3n) is 27.0. The number of hydrogen-bond donors (Lipinski definition) is 12. The number of imidazole rings is 4. The minimum atomic E-state index is -0.208. The Morgan fingerprint density at radius 3 is 0.734 bits per heavy atom. The number of methoxy groups -OCH3 is 4. The molecule has 4 aliphatic rings. The highest BCUT2D eigenvalue weighted by Crippen LogP contribution is 2.33. The lowest BCUT2D eigenvalue weighted by Crippen LogP contribution is -2.41. The van der Waals surface area contributed by atoms with Crippen molar-refractivity contribution in [2.24, 2.45) is 11.8 Å². The van der Waals surface area contributed by atoms with Crippen LogP contribution >= 0.6 is 0 Å². The molecule has 12 N–H and O–H groups in total. The van der Waals surface area contributed by atoms with Crippen LogP contribution in [0.1, 0.15) is 219 Å². The first-order valence-electron chi connectivity index (χ1n) is 49.1. The van der Waals surface area contributed by atoms with Gasteiger partial charge in [-0.1, -0.05) is 120 Å². The minimum absolute atomic E-state index is 0.0226. The highest BCUT2D eigenvalue weighted by molar-refractivity contribution is 6.09. The van der Waals surface area contributed by atoms with Crippen LogP contribution in [-0.2, 0) is 0 Å². The summed E-state index contributed by atoms with van der Waals surface area (Å²) in [5.74, 6) is 5.99. The first kappa shape index (κ1) is 98.1. The van der Waals surface area contributed by atoms with Gasteiger partial charge in [-0.15, -0.1) is 0 Å². The normalized spacial score (nSPS) is 15.8. The average molecular weight is 1920 g/mol. The average Bonchev–Trinajstić information content (AvgIpc) is 1.67. The Bertz CT molecular complexity index is 7140. The van der Waals surface area contributed by atoms with Crippen LogP contribution in [0, 0.1) is 11.8 Å². The molecule has 730 valence electrons. The standard InChI is InChI=1S/3C29H30N4O3.C28H28N4O3/c1-18-3-10-22(11-4-18)30-28(34)20-7-5-19(6-8-20)27-32-25-16-9-21(17-26(25)33-27)29(35)31-23-12-14-24(36-2)15-13-23;1-18-5-3-4-6-24(18)33-28(34)20-9-7-19(8-10-20)27-31-25-16-11-21(17-26(25)32-27)29(35)30-22-12-14-23(36-2)15-13-22;1-36-24-15-13-23(14-16-24)31-29(35)21-12-17-25-26(18-21)33-27(32-25)19-8-10-20(11-9-19)28(34)30-22-6-4-2-3-5-7-22;1-35-23-14-12-22(13-15-23)30-28(34)20-11-16-24-25(17-20)32-26(31-24)18-7-9-19(10-8-18)27(33)29-21-5-3-2-4-6-21/h5-9,12-18,22H,3-4,10-11H2,1-2H3,(H,30,34)(H,31,35)(H,32,33);7-18,24H,3-6H2,1-2H3,(H,30,35)(H,31,32)(H,33,34);8-18,22H,2-7H2,1H3,(H,30,34)(H,31,35)(H,32,33);7-17,21H,2-6H2,1H3,(H,29,33)(H,30,34)(H,31,32). The molecular weight excluding hydrogens is 1800 g/mol. The van der Waals surface area contributed by atoms with Gasteiger partial charge in [0.1, 0.15) is 46.3 Å². The Labute approximate surface area is 829 Å². The van der Waals surface area contributed by atoms with Crippen LogP contribution in [0.5, 0.6) is 23.0 Å². The molecule has 4 heterocycles. The minimum Gasteiger partial charge on any atom is -0.497 e. The van der Waals surface area contributed by atoms with Gasteiger partial charge in [-0.2, -0.15) is 0 Å². The van der Waals surface area contributed by atoms with Crippen LogP contribution in [0.2, 0.25) is 0 Å². The van der Waals surface area contributed by atoms with Crippen LogP contribution in [-0.4, -0.2) is 140 Å². The summed E-state index contributed by atoms with van der Waals surface area (Å²) in [4.78, 5) is 133. The smallest absolute Gasteiger partial charge is 0.255 e. The van der Waals surface area contributed by atoms with Crippen molar-refractivity contribution in [1.29, 1.82) is 0 Å². The number of rotatable bonds is 24. The maximum atomic E-state index is 12.7. The van der Waals surface area contributed by atoms with E-state index in [1.807, 2.05) is 121 Å². The van der Waals surface area contributed by atoms with Crippen molar-refractivity contribution in [2.75, 3.05) is 49.7 Å². The Balaban J connectivity index is 0.000000131. The van der Waals surface area contributed by atoms with Crippen molar-refractivity contribution < 1.29 is 57.3 Å². The van der Waals surface area contributed by atoms with E-state index in [0.29, 0.717) is 96.5 Å². The van der Waals surface area contributed by atoms with E-state index >= 15 is 0 Å². The van der Waals surface area contributed by atoms with Crippen LogP contribution in [0.4, 0.5) is 22.7 Å². The van der Waals surface area contributed by atoms with E-state index in [2.05, 4.69) is 96.3 Å². The van der Waals surface area contributed by atoms with Crippen molar-refractivity contribution in [3.8, 4) is 68.5 Å². The number of H-pyrrole nitrogens is 4. The predicted octanol–water partition coefficient (Wildman–Crippen LogP) is 23.1. The maximum absolute atomic E-state index is 12.7. The van der Waals surface area contributed by atoms with Crippen molar-refractivity contribution in [3.05, 3.63) is 311 Å². The predicted molar refractivity (Wildman–Crippen MR) is 561 cm³/mol. The van der Waals surface area contributed by atoms with Crippen LogP contribution < -0.4 is 61.5 Å². The molecule has 0 radical (unpaired) electrons. The second-order valence-electron chi connectivity index (χ2n) is 37.1. The molecule has 16 aromatic rings. The summed E-state index contributed by atoms with van der Waals surface area (Å²) in [5.41, 5.74) is 17.1. The second kappa shape index (κ2) is 46.5. The fourth-order valence-corrected chi connectivity index (χ4v) is 18.4. The van der Waals surface area contributed by atoms with Gasteiger partial charge in [0, 0.05) is 114 Å². The summed E-state index contributed by atoms with van der Waals surface area (Å²) in [6.07, 6.45) is 21.8. The second-order valence-corrected chi connectivity index (χ2v) is 37.1. The van der Waals surface area contributed by atoms with Crippen molar-refractivity contribution >= 4 is 114 Å². The molecular formula is C115H118N16O12. The Kier molecular flexibility index (Phi) is 31.9. The third-order valence-corrected chi connectivity index (χ3v) is 27.0. The lowest BCUT2D eigenvalue weighted by atomic mass is 9.86. The van der Waals surface area contributed by atoms with Crippen molar-refractivity contribution in [3.63, 3.8) is 0 Å². The van der Waals surface area contributed by atoms with E-state index in [4.69, 9.17) is 18.9 Å². The lowest BCUT2D eigenvalue weighted by molar-refractivity contribution is 0.0905. The summed E-state index contributed by atoms with van der Waals surface area (Å²) < 4.78 is 20.6. The SMILES string of the molecule is COc1ccc(NC(=O)c2ccc3nc(-c4ccc(C(=O)NC5CCC(C)CC5)cc4)[nH]c3c2)cc1.COc1ccc(NC(=O)c2ccc3nc(-c4ccc(C(=O)NC5CCCCC5)cc4)[nH]c3c2)cc1.COc1ccc(NC(=O)c2ccc3nc(-c4ccc(C(=O)NC5CCCCC5C)cc4)[nH]c3c2)cc1.COc1ccc(NC(=O)c2ccc3nc(-c4ccc(C(=O)NC5CCCCCC5)cc4)[nH]c3c2)cc1. The number of carbonyl (C=O) groups is 8. The fourth-order valence-electron chi connectivity index (χ4n) is 18.4. The van der Waals surface area contributed by atoms with E-state index in [9.17, 15) is 38.4 Å². The summed E-state index contributed by atoms with van der Waals surface area (Å²) in [6, 6.07) is 81.1. The topological polar surface area (TPSA) is 384 Å². The van der Waals surface area contributed by atoms with E-state index in [0.717, 1.165) is 140 Å². The molecule has 4 aliphatic carbocycles. The zero-order chi connectivity index (χ0) is 99.2. The van der Waals surface area contributed by atoms with E-state index in [1.165, 1.54) is 77.0 Å². The molecule has 4 fully saturated rings. The molecule has 4 aromatic heterocycles. The number of aromatic amines is 4. The lowest BCUT2D eigenvalue weighted by Gasteiger charge is -2.29. The molecule has 2 unspecified atom stereocenters. The number of nitrogens with one attached hydrogen (secondary N) is 12. The quantitative estimate of drug-likeness (QED) is 0.0250. The maximum Gasteiger partial charge on any atom is 0.255 e.